The van der Waals surface area contributed by atoms with Crippen LogP contribution in [0.3, 0.4) is 0 Å². The van der Waals surface area contributed by atoms with Crippen LogP contribution in [0.2, 0.25) is 0 Å². The summed E-state index contributed by atoms with van der Waals surface area (Å²) in [5.41, 5.74) is 0.539. The number of aromatic nitrogens is 1. The summed E-state index contributed by atoms with van der Waals surface area (Å²) in [6, 6.07) is 14.8. The Morgan fingerprint density at radius 1 is 0.975 bits per heavy atom. The molecule has 0 amide bonds. The maximum Gasteiger partial charge on any atom is 0.309 e. The number of aliphatic carboxylic acids is 1. The average Bonchev–Trinajstić information content (AvgIpc) is 2.89. The van der Waals surface area contributed by atoms with Crippen LogP contribution in [-0.4, -0.2) is 44.6 Å². The summed E-state index contributed by atoms with van der Waals surface area (Å²) in [7, 11) is 0. The summed E-state index contributed by atoms with van der Waals surface area (Å²) in [5, 5.41) is 34.2. The van der Waals surface area contributed by atoms with Gasteiger partial charge in [0.05, 0.1) is 30.9 Å². The number of aliphatic hydroxyl groups excluding tert-OH is 1. The summed E-state index contributed by atoms with van der Waals surface area (Å²) in [5.74, 6) is -5.24. The number of halogens is 2. The Bertz CT molecular complexity index is 1280. The van der Waals surface area contributed by atoms with Gasteiger partial charge in [0, 0.05) is 17.7 Å². The molecule has 1 aromatic heterocycles. The van der Waals surface area contributed by atoms with E-state index in [0.29, 0.717) is 28.0 Å². The fraction of sp³-hybridized carbons (Fsp3) is 0.375. The van der Waals surface area contributed by atoms with Crippen LogP contribution in [-0.2, 0) is 16.1 Å². The number of carbonyl (C=O) groups is 1. The Morgan fingerprint density at radius 3 is 2.02 bits per heavy atom. The topological polar surface area (TPSA) is 99.9 Å². The van der Waals surface area contributed by atoms with Gasteiger partial charge in [-0.1, -0.05) is 52.5 Å². The van der Waals surface area contributed by atoms with Gasteiger partial charge in [-0.25, -0.2) is 8.78 Å². The van der Waals surface area contributed by atoms with Gasteiger partial charge in [-0.15, -0.1) is 0 Å². The minimum absolute atomic E-state index is 0.0112. The number of hydrogen-bond acceptors (Lipinski definition) is 5. The van der Waals surface area contributed by atoms with Gasteiger partial charge in [0.2, 0.25) is 0 Å². The Kier molecular flexibility index (Phi) is 10.3. The zero-order chi connectivity index (χ0) is 29.6. The van der Waals surface area contributed by atoms with E-state index in [9.17, 15) is 28.9 Å². The fourth-order valence-electron chi connectivity index (χ4n) is 5.04. The first kappa shape index (κ1) is 31.1. The second-order valence-corrected chi connectivity index (χ2v) is 10.8. The maximum atomic E-state index is 13.4. The molecule has 0 aliphatic carbocycles. The van der Waals surface area contributed by atoms with E-state index in [0.717, 1.165) is 0 Å². The van der Waals surface area contributed by atoms with Crippen molar-refractivity contribution in [3.63, 3.8) is 0 Å². The Balaban J connectivity index is 2.08. The van der Waals surface area contributed by atoms with Crippen LogP contribution in [0.5, 0.6) is 0 Å². The van der Waals surface area contributed by atoms with Crippen LogP contribution in [0.4, 0.5) is 8.78 Å². The molecule has 0 bridgehead atoms. The van der Waals surface area contributed by atoms with Gasteiger partial charge in [0.1, 0.15) is 17.2 Å². The first-order chi connectivity index (χ1) is 18.8. The highest BCUT2D eigenvalue weighted by atomic mass is 19.1. The first-order valence-corrected chi connectivity index (χ1v) is 13.2. The summed E-state index contributed by atoms with van der Waals surface area (Å²) >= 11 is 0. The van der Waals surface area contributed by atoms with Gasteiger partial charge in [0.15, 0.2) is 0 Å². The standard InChI is InChI=1S/C32H37F2NO5/c1-19(2)21(5)30(36)29(24-10-15-27(35-16-24)23-8-13-26(34)14-9-23)32(39,28(20(3)4)31(37)38)18-40-17-22-6-11-25(33)12-7-22/h6-16,19-20,28-30,36,39H,5,17-18H2,1-4H3,(H,37,38). The van der Waals surface area contributed by atoms with E-state index in [4.69, 9.17) is 4.74 Å². The number of ether oxygens (including phenoxy) is 1. The quantitative estimate of drug-likeness (QED) is 0.225. The third-order valence-corrected chi connectivity index (χ3v) is 7.25. The van der Waals surface area contributed by atoms with Gasteiger partial charge < -0.3 is 20.1 Å². The molecule has 0 aliphatic rings. The van der Waals surface area contributed by atoms with Crippen LogP contribution in [0.1, 0.15) is 44.7 Å². The third-order valence-electron chi connectivity index (χ3n) is 7.25. The second-order valence-electron chi connectivity index (χ2n) is 10.8. The van der Waals surface area contributed by atoms with Crippen LogP contribution in [0.25, 0.3) is 11.3 Å². The number of pyridine rings is 1. The lowest BCUT2D eigenvalue weighted by Gasteiger charge is -2.44. The molecule has 0 spiro atoms. The number of hydrogen-bond donors (Lipinski definition) is 3. The van der Waals surface area contributed by atoms with Gasteiger partial charge in [-0.2, -0.15) is 0 Å². The van der Waals surface area contributed by atoms with E-state index in [-0.39, 0.29) is 18.3 Å². The fourth-order valence-corrected chi connectivity index (χ4v) is 5.04. The summed E-state index contributed by atoms with van der Waals surface area (Å²) in [6.07, 6.45) is 0.142. The number of nitrogens with zero attached hydrogens (tertiary/aromatic N) is 1. The average molecular weight is 554 g/mol. The summed E-state index contributed by atoms with van der Waals surface area (Å²) in [6.45, 7) is 10.6. The van der Waals surface area contributed by atoms with Gasteiger partial charge in [-0.05, 0) is 71.0 Å². The van der Waals surface area contributed by atoms with Crippen molar-refractivity contribution in [1.29, 1.82) is 0 Å². The number of carboxylic acid groups (broad SMARTS) is 1. The van der Waals surface area contributed by atoms with E-state index in [2.05, 4.69) is 11.6 Å². The van der Waals surface area contributed by atoms with Crippen molar-refractivity contribution in [1.82, 2.24) is 4.98 Å². The highest BCUT2D eigenvalue weighted by Gasteiger charge is 2.53. The number of benzene rings is 2. The predicted molar refractivity (Wildman–Crippen MR) is 149 cm³/mol. The van der Waals surface area contributed by atoms with Crippen molar-refractivity contribution in [3.05, 3.63) is 102 Å². The van der Waals surface area contributed by atoms with Gasteiger partial charge in [0.25, 0.3) is 0 Å². The molecule has 3 aromatic rings. The molecular formula is C32H37F2NO5. The van der Waals surface area contributed by atoms with Gasteiger partial charge in [-0.3, -0.25) is 9.78 Å². The van der Waals surface area contributed by atoms with Crippen LogP contribution < -0.4 is 0 Å². The molecule has 4 unspecified atom stereocenters. The van der Waals surface area contributed by atoms with Crippen molar-refractivity contribution in [2.45, 2.75) is 51.9 Å². The number of rotatable bonds is 13. The monoisotopic (exact) mass is 553 g/mol. The molecule has 40 heavy (non-hydrogen) atoms. The molecule has 6 nitrogen and oxygen atoms in total. The van der Waals surface area contributed by atoms with Crippen molar-refractivity contribution in [2.24, 2.45) is 17.8 Å². The lowest BCUT2D eigenvalue weighted by Crippen LogP contribution is -2.56. The van der Waals surface area contributed by atoms with Crippen LogP contribution in [0, 0.1) is 29.4 Å². The van der Waals surface area contributed by atoms with Crippen LogP contribution in [0.15, 0.2) is 79.0 Å². The highest BCUT2D eigenvalue weighted by Crippen LogP contribution is 2.43. The van der Waals surface area contributed by atoms with Crippen LogP contribution >= 0.6 is 0 Å². The first-order valence-electron chi connectivity index (χ1n) is 13.2. The van der Waals surface area contributed by atoms with E-state index in [1.807, 2.05) is 13.8 Å². The lowest BCUT2D eigenvalue weighted by molar-refractivity contribution is -0.172. The number of carboxylic acids is 1. The molecule has 0 saturated heterocycles. The molecule has 0 radical (unpaired) electrons. The molecule has 4 atom stereocenters. The molecule has 1 heterocycles. The molecule has 3 rings (SSSR count). The zero-order valence-corrected chi connectivity index (χ0v) is 23.2. The highest BCUT2D eigenvalue weighted by molar-refractivity contribution is 5.72. The summed E-state index contributed by atoms with van der Waals surface area (Å²) < 4.78 is 32.6. The smallest absolute Gasteiger partial charge is 0.309 e. The normalized spacial score (nSPS) is 15.4. The van der Waals surface area contributed by atoms with Gasteiger partial charge >= 0.3 is 5.97 Å². The van der Waals surface area contributed by atoms with Crippen molar-refractivity contribution in [3.8, 4) is 11.3 Å². The van der Waals surface area contributed by atoms with Crippen molar-refractivity contribution < 1.29 is 33.6 Å². The van der Waals surface area contributed by atoms with E-state index in [1.54, 1.807) is 38.1 Å². The predicted octanol–water partition coefficient (Wildman–Crippen LogP) is 5.99. The minimum atomic E-state index is -2.10. The molecule has 3 N–H and O–H groups in total. The molecule has 8 heteroatoms. The SMILES string of the molecule is C=C(C(C)C)C(O)C(c1ccc(-c2ccc(F)cc2)nc1)C(O)(COCc1ccc(F)cc1)C(C(=O)O)C(C)C. The van der Waals surface area contributed by atoms with Crippen molar-refractivity contribution in [2.75, 3.05) is 6.61 Å². The lowest BCUT2D eigenvalue weighted by atomic mass is 9.66. The number of aliphatic hydroxyl groups is 2. The molecular weight excluding hydrogens is 516 g/mol. The molecule has 2 aromatic carbocycles. The van der Waals surface area contributed by atoms with E-state index >= 15 is 0 Å². The molecule has 0 aliphatic heterocycles. The minimum Gasteiger partial charge on any atom is -0.481 e. The third kappa shape index (κ3) is 7.18. The zero-order valence-electron chi connectivity index (χ0n) is 23.2. The molecule has 0 saturated carbocycles. The maximum absolute atomic E-state index is 13.4. The van der Waals surface area contributed by atoms with E-state index in [1.165, 1.54) is 42.6 Å². The summed E-state index contributed by atoms with van der Waals surface area (Å²) in [4.78, 5) is 17.1. The Morgan fingerprint density at radius 2 is 1.55 bits per heavy atom. The second kappa shape index (κ2) is 13.3. The largest absolute Gasteiger partial charge is 0.481 e. The van der Waals surface area contributed by atoms with Crippen molar-refractivity contribution >= 4 is 5.97 Å². The molecule has 0 fully saturated rings. The Hall–Kier alpha value is -3.46. The molecule has 214 valence electrons. The van der Waals surface area contributed by atoms with E-state index < -0.39 is 47.9 Å². The Labute approximate surface area is 234 Å².